The molecule has 1 N–H and O–H groups in total. The van der Waals surface area contributed by atoms with Crippen LogP contribution in [0.4, 0.5) is 0 Å². The van der Waals surface area contributed by atoms with Crippen molar-refractivity contribution in [3.8, 4) is 0 Å². The first-order valence-corrected chi connectivity index (χ1v) is 5.33. The Morgan fingerprint density at radius 1 is 1.60 bits per heavy atom. The summed E-state index contributed by atoms with van der Waals surface area (Å²) in [5, 5.41) is 4.45. The van der Waals surface area contributed by atoms with Gasteiger partial charge in [0.15, 0.2) is 0 Å². The van der Waals surface area contributed by atoms with Crippen LogP contribution >= 0.6 is 0 Å². The molecule has 1 aliphatic rings. The van der Waals surface area contributed by atoms with Crippen molar-refractivity contribution in [2.24, 2.45) is 5.92 Å². The van der Waals surface area contributed by atoms with Gasteiger partial charge >= 0.3 is 0 Å². The highest BCUT2D eigenvalue weighted by Crippen LogP contribution is 2.26. The monoisotopic (exact) mass is 203 g/mol. The number of nitrogens with one attached hydrogen (secondary N) is 1. The van der Waals surface area contributed by atoms with Gasteiger partial charge in [-0.15, -0.1) is 0 Å². The summed E-state index contributed by atoms with van der Waals surface area (Å²) in [5.41, 5.74) is 2.96. The van der Waals surface area contributed by atoms with E-state index in [9.17, 15) is 4.79 Å². The minimum atomic E-state index is -0.0275. The van der Waals surface area contributed by atoms with Crippen LogP contribution in [-0.2, 0) is 12.8 Å². The number of H-pyrrole nitrogens is 1. The second-order valence-electron chi connectivity index (χ2n) is 4.36. The van der Waals surface area contributed by atoms with Gasteiger partial charge < -0.3 is 4.98 Å². The van der Waals surface area contributed by atoms with Crippen molar-refractivity contribution < 1.29 is 0 Å². The van der Waals surface area contributed by atoms with Gasteiger partial charge in [0.2, 0.25) is 0 Å². The van der Waals surface area contributed by atoms with Crippen molar-refractivity contribution in [1.29, 1.82) is 0 Å². The zero-order valence-corrected chi connectivity index (χ0v) is 8.66. The summed E-state index contributed by atoms with van der Waals surface area (Å²) in [5.74, 6) is 0.658. The van der Waals surface area contributed by atoms with E-state index in [-0.39, 0.29) is 5.56 Å². The van der Waals surface area contributed by atoms with Gasteiger partial charge in [0.05, 0.1) is 5.69 Å². The van der Waals surface area contributed by atoms with E-state index in [1.165, 1.54) is 6.42 Å². The molecule has 0 saturated carbocycles. The van der Waals surface area contributed by atoms with Crippen LogP contribution in [-0.4, -0.2) is 14.6 Å². The molecule has 1 aliphatic carbocycles. The Kier molecular flexibility index (Phi) is 1.71. The lowest BCUT2D eigenvalue weighted by molar-refractivity contribution is 0.498. The van der Waals surface area contributed by atoms with E-state index >= 15 is 0 Å². The Morgan fingerprint density at radius 3 is 3.33 bits per heavy atom. The number of rotatable bonds is 0. The number of aromatic nitrogens is 3. The molecule has 0 amide bonds. The Labute approximate surface area is 86.9 Å². The van der Waals surface area contributed by atoms with E-state index in [0.29, 0.717) is 5.92 Å². The van der Waals surface area contributed by atoms with Crippen LogP contribution in [0.1, 0.15) is 24.6 Å². The smallest absolute Gasteiger partial charge is 0.274 e. The highest BCUT2D eigenvalue weighted by atomic mass is 16.1. The van der Waals surface area contributed by atoms with Gasteiger partial charge in [0.1, 0.15) is 5.52 Å². The fraction of sp³-hybridized carbons (Fsp3) is 0.455. The van der Waals surface area contributed by atoms with Gasteiger partial charge in [0, 0.05) is 18.0 Å². The van der Waals surface area contributed by atoms with E-state index in [4.69, 9.17) is 0 Å². The number of fused-ring (bicyclic) bond motifs is 3. The minimum absolute atomic E-state index is 0.0275. The second kappa shape index (κ2) is 2.95. The maximum absolute atomic E-state index is 11.7. The van der Waals surface area contributed by atoms with Gasteiger partial charge in [-0.1, -0.05) is 6.92 Å². The van der Waals surface area contributed by atoms with Crippen LogP contribution in [0.15, 0.2) is 17.2 Å². The van der Waals surface area contributed by atoms with Crippen molar-refractivity contribution in [3.05, 3.63) is 34.0 Å². The third-order valence-corrected chi connectivity index (χ3v) is 3.16. The predicted octanol–water partition coefficient (Wildman–Crippen LogP) is 1.15. The number of aryl methyl sites for hydroxylation is 1. The first-order chi connectivity index (χ1) is 7.25. The van der Waals surface area contributed by atoms with Crippen LogP contribution in [0.2, 0.25) is 0 Å². The van der Waals surface area contributed by atoms with Gasteiger partial charge in [-0.25, -0.2) is 4.52 Å². The number of nitrogens with zero attached hydrogens (tertiary/aromatic N) is 2. The third kappa shape index (κ3) is 1.21. The molecule has 1 atom stereocenters. The zero-order chi connectivity index (χ0) is 10.4. The highest BCUT2D eigenvalue weighted by Gasteiger charge is 2.22. The van der Waals surface area contributed by atoms with E-state index in [1.807, 2.05) is 0 Å². The molecule has 2 aromatic heterocycles. The Morgan fingerprint density at radius 2 is 2.47 bits per heavy atom. The van der Waals surface area contributed by atoms with Gasteiger partial charge in [-0.05, 0) is 25.2 Å². The van der Waals surface area contributed by atoms with Crippen LogP contribution in [0.25, 0.3) is 5.52 Å². The lowest BCUT2D eigenvalue weighted by Gasteiger charge is -2.16. The summed E-state index contributed by atoms with van der Waals surface area (Å²) in [6.07, 6.45) is 6.59. The molecule has 0 bridgehead atoms. The quantitative estimate of drug-likeness (QED) is 0.698. The SMILES string of the molecule is CC1CCc2nn3cc[nH]c(=O)c3c2C1. The molecule has 4 heteroatoms. The van der Waals surface area contributed by atoms with E-state index < -0.39 is 0 Å². The largest absolute Gasteiger partial charge is 0.326 e. The van der Waals surface area contributed by atoms with Crippen LogP contribution < -0.4 is 5.56 Å². The van der Waals surface area contributed by atoms with Gasteiger partial charge in [-0.2, -0.15) is 5.10 Å². The van der Waals surface area contributed by atoms with Gasteiger partial charge in [0.25, 0.3) is 5.56 Å². The lowest BCUT2D eigenvalue weighted by Crippen LogP contribution is -2.13. The Hall–Kier alpha value is -1.58. The standard InChI is InChI=1S/C11H13N3O/c1-7-2-3-9-8(6-7)10-11(15)12-4-5-14(10)13-9/h4-5,7H,2-3,6H2,1H3,(H,12,15). The topological polar surface area (TPSA) is 50.2 Å². The van der Waals surface area contributed by atoms with Crippen molar-refractivity contribution in [1.82, 2.24) is 14.6 Å². The summed E-state index contributed by atoms with van der Waals surface area (Å²) < 4.78 is 1.71. The molecule has 15 heavy (non-hydrogen) atoms. The summed E-state index contributed by atoms with van der Waals surface area (Å²) in [6.45, 7) is 2.23. The highest BCUT2D eigenvalue weighted by molar-refractivity contribution is 5.55. The summed E-state index contributed by atoms with van der Waals surface area (Å²) in [6, 6.07) is 0. The first kappa shape index (κ1) is 8.71. The van der Waals surface area contributed by atoms with Crippen LogP contribution in [0.3, 0.4) is 0 Å². The molecular weight excluding hydrogens is 190 g/mol. The molecule has 0 fully saturated rings. The summed E-state index contributed by atoms with van der Waals surface area (Å²) in [7, 11) is 0. The first-order valence-electron chi connectivity index (χ1n) is 5.33. The molecule has 0 aromatic carbocycles. The Bertz CT molecular complexity index is 567. The molecule has 3 rings (SSSR count). The number of hydrogen-bond donors (Lipinski definition) is 1. The van der Waals surface area contributed by atoms with Crippen molar-refractivity contribution in [2.75, 3.05) is 0 Å². The van der Waals surface area contributed by atoms with Crippen molar-refractivity contribution in [2.45, 2.75) is 26.2 Å². The average molecular weight is 203 g/mol. The van der Waals surface area contributed by atoms with Crippen molar-refractivity contribution >= 4 is 5.52 Å². The summed E-state index contributed by atoms with van der Waals surface area (Å²) in [4.78, 5) is 14.4. The molecule has 1 unspecified atom stereocenters. The van der Waals surface area contributed by atoms with Crippen LogP contribution in [0.5, 0.6) is 0 Å². The zero-order valence-electron chi connectivity index (χ0n) is 8.66. The minimum Gasteiger partial charge on any atom is -0.326 e. The van der Waals surface area contributed by atoms with Gasteiger partial charge in [-0.3, -0.25) is 4.79 Å². The average Bonchev–Trinajstić information content (AvgIpc) is 2.57. The molecule has 0 saturated heterocycles. The molecule has 2 aromatic rings. The Balaban J connectivity index is 2.35. The maximum Gasteiger partial charge on any atom is 0.274 e. The van der Waals surface area contributed by atoms with Crippen molar-refractivity contribution in [3.63, 3.8) is 0 Å². The number of aromatic amines is 1. The van der Waals surface area contributed by atoms with E-state index in [0.717, 1.165) is 29.6 Å². The molecule has 2 heterocycles. The summed E-state index contributed by atoms with van der Waals surface area (Å²) >= 11 is 0. The van der Waals surface area contributed by atoms with Crippen LogP contribution in [0, 0.1) is 5.92 Å². The molecule has 0 spiro atoms. The fourth-order valence-corrected chi connectivity index (χ4v) is 2.37. The number of hydrogen-bond acceptors (Lipinski definition) is 2. The maximum atomic E-state index is 11.7. The van der Waals surface area contributed by atoms with E-state index in [1.54, 1.807) is 16.9 Å². The second-order valence-corrected chi connectivity index (χ2v) is 4.36. The van der Waals surface area contributed by atoms with E-state index in [2.05, 4.69) is 17.0 Å². The molecule has 78 valence electrons. The molecule has 4 nitrogen and oxygen atoms in total. The fourth-order valence-electron chi connectivity index (χ4n) is 2.37. The predicted molar refractivity (Wildman–Crippen MR) is 57.0 cm³/mol. The molecule has 0 radical (unpaired) electrons. The lowest BCUT2D eigenvalue weighted by atomic mass is 9.88. The third-order valence-electron chi connectivity index (χ3n) is 3.16. The molecular formula is C11H13N3O. The molecule has 0 aliphatic heterocycles. The normalized spacial score (nSPS) is 20.5.